The van der Waals surface area contributed by atoms with E-state index in [2.05, 4.69) is 44.0 Å². The van der Waals surface area contributed by atoms with Crippen molar-refractivity contribution in [2.75, 3.05) is 18.5 Å². The van der Waals surface area contributed by atoms with Gasteiger partial charge in [0.1, 0.15) is 11.9 Å². The van der Waals surface area contributed by atoms with E-state index >= 15 is 0 Å². The van der Waals surface area contributed by atoms with Crippen LogP contribution in [-0.4, -0.2) is 25.7 Å². The molecule has 0 radical (unpaired) electrons. The molecular weight excluding hydrogens is 188 g/mol. The maximum absolute atomic E-state index is 5.93. The van der Waals surface area contributed by atoms with Gasteiger partial charge in [-0.3, -0.25) is 0 Å². The molecule has 3 nitrogen and oxygen atoms in total. The molecule has 1 aromatic rings. The number of benzene rings is 1. The van der Waals surface area contributed by atoms with Crippen LogP contribution in [0.1, 0.15) is 12.5 Å². The average Bonchev–Trinajstić information content (AvgIpc) is 2.24. The first-order valence-electron chi connectivity index (χ1n) is 5.34. The van der Waals surface area contributed by atoms with Crippen LogP contribution in [0.2, 0.25) is 0 Å². The normalized spacial score (nSPS) is 24.7. The van der Waals surface area contributed by atoms with Gasteiger partial charge < -0.3 is 15.4 Å². The largest absolute Gasteiger partial charge is 0.485 e. The summed E-state index contributed by atoms with van der Waals surface area (Å²) in [6, 6.07) is 6.54. The number of nitrogens with zero attached hydrogens (tertiary/aromatic N) is 1. The van der Waals surface area contributed by atoms with E-state index in [-0.39, 0.29) is 6.10 Å². The first kappa shape index (κ1) is 10.3. The zero-order chi connectivity index (χ0) is 11.0. The Hall–Kier alpha value is -1.22. The molecule has 0 fully saturated rings. The third-order valence-electron chi connectivity index (χ3n) is 3.22. The molecule has 2 atom stereocenters. The Morgan fingerprint density at radius 1 is 1.47 bits per heavy atom. The summed E-state index contributed by atoms with van der Waals surface area (Å²) in [5.41, 5.74) is 8.04. The molecule has 2 unspecified atom stereocenters. The molecule has 2 rings (SSSR count). The second kappa shape index (κ2) is 3.74. The van der Waals surface area contributed by atoms with E-state index in [1.807, 2.05) is 0 Å². The van der Waals surface area contributed by atoms with Crippen molar-refractivity contribution in [3.8, 4) is 5.75 Å². The quantitative estimate of drug-likeness (QED) is 0.757. The SMILES string of the molecule is Cc1cccc2c1OC(CN)C(C)N2C. The second-order valence-corrected chi connectivity index (χ2v) is 4.17. The van der Waals surface area contributed by atoms with Crippen LogP contribution in [0.3, 0.4) is 0 Å². The summed E-state index contributed by atoms with van der Waals surface area (Å²) in [4.78, 5) is 2.24. The molecule has 0 spiro atoms. The van der Waals surface area contributed by atoms with Crippen molar-refractivity contribution < 1.29 is 4.74 Å². The number of anilines is 1. The summed E-state index contributed by atoms with van der Waals surface area (Å²) in [6.07, 6.45) is 0.0867. The Morgan fingerprint density at radius 3 is 2.87 bits per heavy atom. The number of aryl methyl sites for hydroxylation is 1. The van der Waals surface area contributed by atoms with Crippen molar-refractivity contribution in [1.82, 2.24) is 0 Å². The fourth-order valence-corrected chi connectivity index (χ4v) is 2.03. The third-order valence-corrected chi connectivity index (χ3v) is 3.22. The Bertz CT molecular complexity index is 365. The molecule has 1 aliphatic rings. The summed E-state index contributed by atoms with van der Waals surface area (Å²) in [5.74, 6) is 0.980. The summed E-state index contributed by atoms with van der Waals surface area (Å²) >= 11 is 0. The van der Waals surface area contributed by atoms with E-state index in [0.29, 0.717) is 12.6 Å². The number of rotatable bonds is 1. The standard InChI is InChI=1S/C12H18N2O/c1-8-5-4-6-10-12(8)15-11(7-13)9(2)14(10)3/h4-6,9,11H,7,13H2,1-3H3. The Labute approximate surface area is 90.8 Å². The van der Waals surface area contributed by atoms with Crippen LogP contribution >= 0.6 is 0 Å². The van der Waals surface area contributed by atoms with E-state index in [1.54, 1.807) is 0 Å². The zero-order valence-corrected chi connectivity index (χ0v) is 9.53. The number of ether oxygens (including phenoxy) is 1. The lowest BCUT2D eigenvalue weighted by molar-refractivity contribution is 0.167. The highest BCUT2D eigenvalue weighted by atomic mass is 16.5. The predicted octanol–water partition coefficient (Wildman–Crippen LogP) is 1.54. The number of fused-ring (bicyclic) bond motifs is 1. The van der Waals surface area contributed by atoms with Crippen molar-refractivity contribution in [3.63, 3.8) is 0 Å². The van der Waals surface area contributed by atoms with Gasteiger partial charge in [-0.15, -0.1) is 0 Å². The number of likely N-dealkylation sites (N-methyl/N-ethyl adjacent to an activating group) is 1. The van der Waals surface area contributed by atoms with Gasteiger partial charge in [0.25, 0.3) is 0 Å². The first-order valence-corrected chi connectivity index (χ1v) is 5.34. The van der Waals surface area contributed by atoms with Crippen LogP contribution in [0.15, 0.2) is 18.2 Å². The highest BCUT2D eigenvalue weighted by molar-refractivity contribution is 5.63. The van der Waals surface area contributed by atoms with Gasteiger partial charge >= 0.3 is 0 Å². The topological polar surface area (TPSA) is 38.5 Å². The smallest absolute Gasteiger partial charge is 0.146 e. The minimum atomic E-state index is 0.0867. The molecule has 0 saturated carbocycles. The number of nitrogens with two attached hydrogens (primary N) is 1. The molecule has 2 N–H and O–H groups in total. The van der Waals surface area contributed by atoms with Gasteiger partial charge in [-0.25, -0.2) is 0 Å². The fourth-order valence-electron chi connectivity index (χ4n) is 2.03. The van der Waals surface area contributed by atoms with Gasteiger partial charge in [-0.1, -0.05) is 12.1 Å². The van der Waals surface area contributed by atoms with Crippen LogP contribution in [0.4, 0.5) is 5.69 Å². The number of para-hydroxylation sites is 1. The summed E-state index contributed by atoms with van der Waals surface area (Å²) in [6.45, 7) is 4.76. The van der Waals surface area contributed by atoms with Gasteiger partial charge in [0.05, 0.1) is 11.7 Å². The summed E-state index contributed by atoms with van der Waals surface area (Å²) in [5, 5.41) is 0. The molecule has 0 aromatic heterocycles. The van der Waals surface area contributed by atoms with E-state index in [0.717, 1.165) is 11.4 Å². The number of hydrogen-bond donors (Lipinski definition) is 1. The molecule has 0 amide bonds. The molecule has 82 valence electrons. The minimum absolute atomic E-state index is 0.0867. The minimum Gasteiger partial charge on any atom is -0.485 e. The van der Waals surface area contributed by atoms with Crippen molar-refractivity contribution >= 4 is 5.69 Å². The van der Waals surface area contributed by atoms with E-state index in [4.69, 9.17) is 10.5 Å². The predicted molar refractivity (Wildman–Crippen MR) is 62.5 cm³/mol. The van der Waals surface area contributed by atoms with Crippen LogP contribution in [0.5, 0.6) is 5.75 Å². The fraction of sp³-hybridized carbons (Fsp3) is 0.500. The monoisotopic (exact) mass is 206 g/mol. The highest BCUT2D eigenvalue weighted by Crippen LogP contribution is 2.37. The van der Waals surface area contributed by atoms with Crippen LogP contribution in [-0.2, 0) is 0 Å². The molecule has 1 heterocycles. The molecule has 0 saturated heterocycles. The molecule has 0 bridgehead atoms. The van der Waals surface area contributed by atoms with Crippen LogP contribution in [0, 0.1) is 6.92 Å². The van der Waals surface area contributed by atoms with Gasteiger partial charge in [-0.2, -0.15) is 0 Å². The Morgan fingerprint density at radius 2 is 2.20 bits per heavy atom. The average molecular weight is 206 g/mol. The van der Waals surface area contributed by atoms with Crippen molar-refractivity contribution in [2.24, 2.45) is 5.73 Å². The van der Waals surface area contributed by atoms with Crippen LogP contribution < -0.4 is 15.4 Å². The molecular formula is C12H18N2O. The lowest BCUT2D eigenvalue weighted by atomic mass is 10.1. The lowest BCUT2D eigenvalue weighted by Gasteiger charge is -2.39. The van der Waals surface area contributed by atoms with Gasteiger partial charge in [-0.05, 0) is 25.5 Å². The third kappa shape index (κ3) is 1.57. The maximum Gasteiger partial charge on any atom is 0.146 e. The van der Waals surface area contributed by atoms with E-state index < -0.39 is 0 Å². The van der Waals surface area contributed by atoms with Crippen molar-refractivity contribution in [1.29, 1.82) is 0 Å². The maximum atomic E-state index is 5.93. The molecule has 15 heavy (non-hydrogen) atoms. The Balaban J connectivity index is 2.45. The molecule has 0 aliphatic carbocycles. The Kier molecular flexibility index (Phi) is 2.57. The summed E-state index contributed by atoms with van der Waals surface area (Å²) < 4.78 is 5.93. The second-order valence-electron chi connectivity index (χ2n) is 4.17. The van der Waals surface area contributed by atoms with E-state index in [9.17, 15) is 0 Å². The van der Waals surface area contributed by atoms with Gasteiger partial charge in [0, 0.05) is 13.6 Å². The van der Waals surface area contributed by atoms with Gasteiger partial charge in [0.15, 0.2) is 0 Å². The van der Waals surface area contributed by atoms with Gasteiger partial charge in [0.2, 0.25) is 0 Å². The van der Waals surface area contributed by atoms with E-state index in [1.165, 1.54) is 5.56 Å². The molecule has 1 aromatic carbocycles. The summed E-state index contributed by atoms with van der Waals surface area (Å²) in [7, 11) is 2.09. The molecule has 3 heteroatoms. The first-order chi connectivity index (χ1) is 7.15. The lowest BCUT2D eigenvalue weighted by Crippen LogP contribution is -2.49. The van der Waals surface area contributed by atoms with Crippen molar-refractivity contribution in [2.45, 2.75) is 26.0 Å². The molecule has 1 aliphatic heterocycles. The number of hydrogen-bond acceptors (Lipinski definition) is 3. The highest BCUT2D eigenvalue weighted by Gasteiger charge is 2.30. The van der Waals surface area contributed by atoms with Crippen molar-refractivity contribution in [3.05, 3.63) is 23.8 Å². The van der Waals surface area contributed by atoms with Crippen LogP contribution in [0.25, 0.3) is 0 Å². The zero-order valence-electron chi connectivity index (χ0n) is 9.53.